The van der Waals surface area contributed by atoms with Crippen LogP contribution in [0.15, 0.2) is 27.6 Å². The summed E-state index contributed by atoms with van der Waals surface area (Å²) in [7, 11) is -3.51. The third kappa shape index (κ3) is 4.43. The van der Waals surface area contributed by atoms with Crippen molar-refractivity contribution >= 4 is 37.6 Å². The van der Waals surface area contributed by atoms with Crippen molar-refractivity contribution in [3.63, 3.8) is 0 Å². The maximum Gasteiger partial charge on any atom is 0.243 e. The van der Waals surface area contributed by atoms with Gasteiger partial charge < -0.3 is 4.74 Å². The normalized spacial score (nSPS) is 12.1. The van der Waals surface area contributed by atoms with Crippen LogP contribution in [-0.4, -0.2) is 39.0 Å². The lowest BCUT2D eigenvalue weighted by molar-refractivity contribution is 0.135. The average molecular weight is 371 g/mol. The molecule has 0 aliphatic heterocycles. The van der Waals surface area contributed by atoms with Gasteiger partial charge in [-0.1, -0.05) is 18.5 Å². The van der Waals surface area contributed by atoms with E-state index in [2.05, 4.69) is 15.9 Å². The van der Waals surface area contributed by atoms with Gasteiger partial charge in [-0.05, 0) is 41.1 Å². The lowest BCUT2D eigenvalue weighted by Gasteiger charge is -2.20. The van der Waals surface area contributed by atoms with Crippen LogP contribution in [0.25, 0.3) is 0 Å². The van der Waals surface area contributed by atoms with Gasteiger partial charge >= 0.3 is 0 Å². The monoisotopic (exact) mass is 369 g/mol. The number of nitrogens with zero attached hydrogens (tertiary/aromatic N) is 1. The largest absolute Gasteiger partial charge is 0.380 e. The number of hydrogen-bond donors (Lipinski definition) is 0. The second kappa shape index (κ2) is 7.59. The molecular formula is C12H17BrClNO3S. The average Bonchev–Trinajstić information content (AvgIpc) is 2.37. The summed E-state index contributed by atoms with van der Waals surface area (Å²) < 4.78 is 32.0. The Labute approximate surface area is 127 Å². The Bertz CT molecular complexity index is 522. The van der Waals surface area contributed by atoms with Crippen LogP contribution < -0.4 is 0 Å². The van der Waals surface area contributed by atoms with Crippen molar-refractivity contribution in [2.24, 2.45) is 0 Å². The van der Waals surface area contributed by atoms with Gasteiger partial charge in [0.1, 0.15) is 0 Å². The first kappa shape index (κ1) is 16.9. The van der Waals surface area contributed by atoms with Gasteiger partial charge in [0.05, 0.1) is 16.5 Å². The summed E-state index contributed by atoms with van der Waals surface area (Å²) in [6.45, 7) is 5.38. The highest BCUT2D eigenvalue weighted by Crippen LogP contribution is 2.26. The van der Waals surface area contributed by atoms with Crippen LogP contribution in [0.1, 0.15) is 13.8 Å². The van der Waals surface area contributed by atoms with Gasteiger partial charge in [0.2, 0.25) is 10.0 Å². The molecule has 0 aromatic heterocycles. The first-order valence-electron chi connectivity index (χ1n) is 5.96. The number of ether oxygens (including phenoxy) is 1. The zero-order valence-electron chi connectivity index (χ0n) is 10.9. The van der Waals surface area contributed by atoms with E-state index >= 15 is 0 Å². The molecule has 0 saturated heterocycles. The lowest BCUT2D eigenvalue weighted by atomic mass is 10.4. The van der Waals surface area contributed by atoms with E-state index in [-0.39, 0.29) is 4.90 Å². The predicted octanol–water partition coefficient (Wildman–Crippen LogP) is 3.15. The molecule has 7 heteroatoms. The first-order valence-corrected chi connectivity index (χ1v) is 8.57. The van der Waals surface area contributed by atoms with Crippen molar-refractivity contribution in [2.75, 3.05) is 26.3 Å². The van der Waals surface area contributed by atoms with Gasteiger partial charge in [-0.15, -0.1) is 0 Å². The number of hydrogen-bond acceptors (Lipinski definition) is 3. The Hall–Kier alpha value is -0.140. The highest BCUT2D eigenvalue weighted by molar-refractivity contribution is 9.10. The molecule has 0 saturated carbocycles. The molecule has 0 unspecified atom stereocenters. The Morgan fingerprint density at radius 1 is 1.37 bits per heavy atom. The van der Waals surface area contributed by atoms with Gasteiger partial charge in [0.15, 0.2) is 0 Å². The highest BCUT2D eigenvalue weighted by atomic mass is 79.9. The van der Waals surface area contributed by atoms with E-state index in [1.807, 2.05) is 6.92 Å². The van der Waals surface area contributed by atoms with E-state index in [4.69, 9.17) is 16.3 Å². The van der Waals surface area contributed by atoms with Crippen molar-refractivity contribution in [3.8, 4) is 0 Å². The molecule has 0 aliphatic rings. The zero-order valence-corrected chi connectivity index (χ0v) is 14.1. The fourth-order valence-electron chi connectivity index (χ4n) is 1.55. The Morgan fingerprint density at radius 3 is 2.58 bits per heavy atom. The number of halogens is 2. The molecule has 0 spiro atoms. The number of likely N-dealkylation sites (N-methyl/N-ethyl adjacent to an activating group) is 1. The fourth-order valence-corrected chi connectivity index (χ4v) is 3.65. The topological polar surface area (TPSA) is 46.6 Å². The summed E-state index contributed by atoms with van der Waals surface area (Å²) in [5.41, 5.74) is 0. The van der Waals surface area contributed by atoms with E-state index in [1.54, 1.807) is 13.0 Å². The molecule has 0 atom stereocenters. The van der Waals surface area contributed by atoms with Crippen LogP contribution in [0.3, 0.4) is 0 Å². The van der Waals surface area contributed by atoms with E-state index in [0.717, 1.165) is 0 Å². The SMILES string of the molecule is CCOCCN(CC)S(=O)(=O)c1ccc(Cl)c(Br)c1. The Balaban J connectivity index is 2.96. The summed E-state index contributed by atoms with van der Waals surface area (Å²) in [4.78, 5) is 0.224. The van der Waals surface area contributed by atoms with Gasteiger partial charge in [-0.25, -0.2) is 8.42 Å². The fraction of sp³-hybridized carbons (Fsp3) is 0.500. The minimum Gasteiger partial charge on any atom is -0.380 e. The van der Waals surface area contributed by atoms with Crippen LogP contribution in [0.5, 0.6) is 0 Å². The van der Waals surface area contributed by atoms with E-state index in [9.17, 15) is 8.42 Å². The number of sulfonamides is 1. The molecule has 1 rings (SSSR count). The molecule has 0 radical (unpaired) electrons. The molecular weight excluding hydrogens is 354 g/mol. The van der Waals surface area contributed by atoms with E-state index < -0.39 is 10.0 Å². The van der Waals surface area contributed by atoms with Gasteiger partial charge in [0, 0.05) is 24.2 Å². The summed E-state index contributed by atoms with van der Waals surface area (Å²) >= 11 is 9.11. The minimum absolute atomic E-state index is 0.224. The molecule has 1 aromatic carbocycles. The van der Waals surface area contributed by atoms with Crippen molar-refractivity contribution in [1.29, 1.82) is 0 Å². The zero-order chi connectivity index (χ0) is 14.5. The molecule has 0 N–H and O–H groups in total. The quantitative estimate of drug-likeness (QED) is 0.693. The minimum atomic E-state index is -3.51. The van der Waals surface area contributed by atoms with Crippen molar-refractivity contribution in [1.82, 2.24) is 4.31 Å². The van der Waals surface area contributed by atoms with Crippen LogP contribution in [-0.2, 0) is 14.8 Å². The molecule has 4 nitrogen and oxygen atoms in total. The van der Waals surface area contributed by atoms with Gasteiger partial charge in [0.25, 0.3) is 0 Å². The van der Waals surface area contributed by atoms with E-state index in [1.165, 1.54) is 16.4 Å². The Morgan fingerprint density at radius 2 is 2.05 bits per heavy atom. The predicted molar refractivity (Wildman–Crippen MR) is 80.1 cm³/mol. The van der Waals surface area contributed by atoms with Crippen molar-refractivity contribution < 1.29 is 13.2 Å². The standard InChI is InChI=1S/C12H17BrClNO3S/c1-3-15(7-8-18-4-2)19(16,17)10-5-6-12(14)11(13)9-10/h5-6,9H,3-4,7-8H2,1-2H3. The maximum absolute atomic E-state index is 12.4. The van der Waals surface area contributed by atoms with E-state index in [0.29, 0.717) is 35.8 Å². The van der Waals surface area contributed by atoms with Crippen LogP contribution in [0, 0.1) is 0 Å². The van der Waals surface area contributed by atoms with Crippen molar-refractivity contribution in [2.45, 2.75) is 18.7 Å². The summed E-state index contributed by atoms with van der Waals surface area (Å²) in [5, 5.41) is 0.483. The van der Waals surface area contributed by atoms with Gasteiger partial charge in [-0.3, -0.25) is 0 Å². The number of benzene rings is 1. The molecule has 108 valence electrons. The summed E-state index contributed by atoms with van der Waals surface area (Å²) in [5.74, 6) is 0. The first-order chi connectivity index (χ1) is 8.93. The lowest BCUT2D eigenvalue weighted by Crippen LogP contribution is -2.33. The van der Waals surface area contributed by atoms with Crippen LogP contribution in [0.4, 0.5) is 0 Å². The molecule has 0 aliphatic carbocycles. The molecule has 0 amide bonds. The molecule has 0 bridgehead atoms. The molecule has 0 fully saturated rings. The Kier molecular flexibility index (Phi) is 6.76. The highest BCUT2D eigenvalue weighted by Gasteiger charge is 2.23. The third-order valence-corrected chi connectivity index (χ3v) is 5.75. The second-order valence-corrected chi connectivity index (χ2v) is 6.97. The molecule has 1 aromatic rings. The third-order valence-electron chi connectivity index (χ3n) is 2.57. The van der Waals surface area contributed by atoms with Gasteiger partial charge in [-0.2, -0.15) is 4.31 Å². The van der Waals surface area contributed by atoms with Crippen molar-refractivity contribution in [3.05, 3.63) is 27.7 Å². The second-order valence-electron chi connectivity index (χ2n) is 3.77. The molecule has 19 heavy (non-hydrogen) atoms. The summed E-state index contributed by atoms with van der Waals surface area (Å²) in [6, 6.07) is 4.58. The smallest absolute Gasteiger partial charge is 0.243 e. The number of rotatable bonds is 7. The van der Waals surface area contributed by atoms with Crippen LogP contribution in [0.2, 0.25) is 5.02 Å². The maximum atomic E-state index is 12.4. The molecule has 0 heterocycles. The summed E-state index contributed by atoms with van der Waals surface area (Å²) in [6.07, 6.45) is 0. The van der Waals surface area contributed by atoms with Crippen LogP contribution >= 0.6 is 27.5 Å².